The molecule has 0 saturated carbocycles. The Bertz CT molecular complexity index is 755. The van der Waals surface area contributed by atoms with E-state index in [1.165, 1.54) is 16.8 Å². The van der Waals surface area contributed by atoms with Crippen LogP contribution in [0, 0.1) is 0 Å². The number of hydrogen-bond acceptors (Lipinski definition) is 5. The molecular formula is C13H10N4O3. The fourth-order valence-corrected chi connectivity index (χ4v) is 1.70. The second-order valence-electron chi connectivity index (χ2n) is 4.03. The molecule has 0 aliphatic heterocycles. The second kappa shape index (κ2) is 4.96. The van der Waals surface area contributed by atoms with Gasteiger partial charge in [0, 0.05) is 12.4 Å². The molecule has 0 amide bonds. The molecule has 0 spiro atoms. The molecule has 0 saturated heterocycles. The number of carboxylic acid groups (broad SMARTS) is 1. The number of hydrogen-bond donors (Lipinski definition) is 1. The molecule has 0 radical (unpaired) electrons. The third-order valence-electron chi connectivity index (χ3n) is 2.62. The monoisotopic (exact) mass is 270 g/mol. The third kappa shape index (κ3) is 2.41. The molecule has 0 aromatic carbocycles. The van der Waals surface area contributed by atoms with E-state index < -0.39 is 5.97 Å². The molecule has 100 valence electrons. The van der Waals surface area contributed by atoms with Crippen LogP contribution in [0.2, 0.25) is 0 Å². The van der Waals surface area contributed by atoms with E-state index in [9.17, 15) is 4.79 Å². The Kier molecular flexibility index (Phi) is 3.00. The van der Waals surface area contributed by atoms with Gasteiger partial charge in [0.1, 0.15) is 12.4 Å². The molecule has 0 unspecified atom stereocenters. The van der Waals surface area contributed by atoms with Gasteiger partial charge in [-0.3, -0.25) is 4.98 Å². The van der Waals surface area contributed by atoms with Crippen LogP contribution in [0.4, 0.5) is 0 Å². The lowest BCUT2D eigenvalue weighted by atomic mass is 10.3. The standard InChI is InChI=1S/C13H10N4O3/c18-13(19)9-3-4-12-15-11(16-17(12)7-9)8-20-10-2-1-5-14-6-10/h1-7H,8H2,(H,18,19). The fraction of sp³-hybridized carbons (Fsp3) is 0.0769. The number of carbonyl (C=O) groups is 1. The number of aromatic nitrogens is 4. The van der Waals surface area contributed by atoms with E-state index in [2.05, 4.69) is 15.1 Å². The number of ether oxygens (including phenoxy) is 1. The van der Waals surface area contributed by atoms with Crippen molar-refractivity contribution < 1.29 is 14.6 Å². The van der Waals surface area contributed by atoms with Crippen molar-refractivity contribution in [2.45, 2.75) is 6.61 Å². The zero-order valence-electron chi connectivity index (χ0n) is 10.3. The first-order valence-electron chi connectivity index (χ1n) is 5.84. The maximum absolute atomic E-state index is 10.9. The molecule has 7 heteroatoms. The Balaban J connectivity index is 1.80. The molecule has 0 aliphatic rings. The molecule has 3 aromatic rings. The molecule has 20 heavy (non-hydrogen) atoms. The van der Waals surface area contributed by atoms with Crippen LogP contribution in [0.5, 0.6) is 5.75 Å². The maximum atomic E-state index is 10.9. The number of nitrogens with zero attached hydrogens (tertiary/aromatic N) is 4. The van der Waals surface area contributed by atoms with Gasteiger partial charge in [-0.05, 0) is 24.3 Å². The lowest BCUT2D eigenvalue weighted by Crippen LogP contribution is -2.00. The van der Waals surface area contributed by atoms with E-state index >= 15 is 0 Å². The lowest BCUT2D eigenvalue weighted by molar-refractivity contribution is 0.0696. The average molecular weight is 270 g/mol. The van der Waals surface area contributed by atoms with E-state index in [-0.39, 0.29) is 12.2 Å². The number of pyridine rings is 2. The molecule has 3 rings (SSSR count). The number of aromatic carboxylic acids is 1. The van der Waals surface area contributed by atoms with Gasteiger partial charge in [-0.25, -0.2) is 14.3 Å². The van der Waals surface area contributed by atoms with Crippen molar-refractivity contribution >= 4 is 11.6 Å². The summed E-state index contributed by atoms with van der Waals surface area (Å²) < 4.78 is 6.90. The highest BCUT2D eigenvalue weighted by molar-refractivity contribution is 5.87. The van der Waals surface area contributed by atoms with E-state index in [1.54, 1.807) is 30.6 Å². The van der Waals surface area contributed by atoms with Crippen molar-refractivity contribution in [2.24, 2.45) is 0 Å². The third-order valence-corrected chi connectivity index (χ3v) is 2.62. The molecule has 7 nitrogen and oxygen atoms in total. The zero-order valence-corrected chi connectivity index (χ0v) is 10.3. The van der Waals surface area contributed by atoms with Crippen LogP contribution in [0.15, 0.2) is 42.9 Å². The first-order chi connectivity index (χ1) is 9.72. The summed E-state index contributed by atoms with van der Waals surface area (Å²) in [5.41, 5.74) is 0.724. The van der Waals surface area contributed by atoms with E-state index in [1.807, 2.05) is 0 Å². The van der Waals surface area contributed by atoms with Crippen LogP contribution in [0.1, 0.15) is 16.2 Å². The van der Waals surface area contributed by atoms with Crippen molar-refractivity contribution in [3.63, 3.8) is 0 Å². The molecular weight excluding hydrogens is 260 g/mol. The van der Waals surface area contributed by atoms with E-state index in [4.69, 9.17) is 9.84 Å². The number of carboxylic acids is 1. The van der Waals surface area contributed by atoms with Gasteiger partial charge in [0.15, 0.2) is 11.5 Å². The van der Waals surface area contributed by atoms with Crippen LogP contribution in [0.3, 0.4) is 0 Å². The minimum absolute atomic E-state index is 0.155. The largest absolute Gasteiger partial charge is 0.484 e. The molecule has 0 aliphatic carbocycles. The van der Waals surface area contributed by atoms with Gasteiger partial charge in [-0.15, -0.1) is 5.10 Å². The van der Waals surface area contributed by atoms with Crippen LogP contribution in [-0.4, -0.2) is 30.7 Å². The zero-order chi connectivity index (χ0) is 13.9. The van der Waals surface area contributed by atoms with Crippen LogP contribution < -0.4 is 4.74 Å². The topological polar surface area (TPSA) is 89.6 Å². The summed E-state index contributed by atoms with van der Waals surface area (Å²) in [6.07, 6.45) is 4.67. The van der Waals surface area contributed by atoms with Crippen LogP contribution >= 0.6 is 0 Å². The van der Waals surface area contributed by atoms with Gasteiger partial charge in [0.25, 0.3) is 0 Å². The molecule has 1 N–H and O–H groups in total. The summed E-state index contributed by atoms with van der Waals surface area (Å²) in [6.45, 7) is 0.190. The highest BCUT2D eigenvalue weighted by Crippen LogP contribution is 2.10. The SMILES string of the molecule is O=C(O)c1ccc2nc(COc3cccnc3)nn2c1. The molecule has 3 aromatic heterocycles. The van der Waals surface area contributed by atoms with Crippen molar-refractivity contribution in [3.05, 3.63) is 54.2 Å². The summed E-state index contributed by atoms with van der Waals surface area (Å²) >= 11 is 0. The van der Waals surface area contributed by atoms with E-state index in [0.717, 1.165) is 0 Å². The molecule has 0 atom stereocenters. The van der Waals surface area contributed by atoms with Crippen LogP contribution in [-0.2, 0) is 6.61 Å². The van der Waals surface area contributed by atoms with Gasteiger partial charge in [0.05, 0.1) is 11.8 Å². The van der Waals surface area contributed by atoms with Crippen molar-refractivity contribution in [2.75, 3.05) is 0 Å². The average Bonchev–Trinajstić information content (AvgIpc) is 2.88. The normalized spacial score (nSPS) is 10.6. The summed E-state index contributed by atoms with van der Waals surface area (Å²) in [7, 11) is 0. The van der Waals surface area contributed by atoms with Crippen molar-refractivity contribution in [1.82, 2.24) is 19.6 Å². The Hall–Kier alpha value is -2.96. The summed E-state index contributed by atoms with van der Waals surface area (Å²) in [5, 5.41) is 13.1. The summed E-state index contributed by atoms with van der Waals surface area (Å²) in [6, 6.07) is 6.64. The lowest BCUT2D eigenvalue weighted by Gasteiger charge is -2.00. The van der Waals surface area contributed by atoms with Gasteiger partial charge in [-0.1, -0.05) is 0 Å². The van der Waals surface area contributed by atoms with Crippen LogP contribution in [0.25, 0.3) is 5.65 Å². The summed E-state index contributed by atoms with van der Waals surface area (Å²) in [5.74, 6) is 0.0875. The highest BCUT2D eigenvalue weighted by atomic mass is 16.5. The Morgan fingerprint density at radius 3 is 3.00 bits per heavy atom. The summed E-state index contributed by atoms with van der Waals surface area (Å²) in [4.78, 5) is 19.0. The second-order valence-corrected chi connectivity index (χ2v) is 4.03. The van der Waals surface area contributed by atoms with Gasteiger partial charge < -0.3 is 9.84 Å². The van der Waals surface area contributed by atoms with Crippen molar-refractivity contribution in [1.29, 1.82) is 0 Å². The van der Waals surface area contributed by atoms with Gasteiger partial charge in [0.2, 0.25) is 0 Å². The number of fused-ring (bicyclic) bond motifs is 1. The first kappa shape index (κ1) is 12.1. The van der Waals surface area contributed by atoms with Gasteiger partial charge in [-0.2, -0.15) is 0 Å². The minimum Gasteiger partial charge on any atom is -0.484 e. The smallest absolute Gasteiger partial charge is 0.337 e. The number of rotatable bonds is 4. The Labute approximate surface area is 113 Å². The Morgan fingerprint density at radius 1 is 1.35 bits per heavy atom. The predicted molar refractivity (Wildman–Crippen MR) is 68.5 cm³/mol. The van der Waals surface area contributed by atoms with Gasteiger partial charge >= 0.3 is 5.97 Å². The molecule has 3 heterocycles. The highest BCUT2D eigenvalue weighted by Gasteiger charge is 2.08. The first-order valence-corrected chi connectivity index (χ1v) is 5.84. The fourth-order valence-electron chi connectivity index (χ4n) is 1.70. The van der Waals surface area contributed by atoms with Crippen molar-refractivity contribution in [3.8, 4) is 5.75 Å². The Morgan fingerprint density at radius 2 is 2.25 bits per heavy atom. The van der Waals surface area contributed by atoms with E-state index in [0.29, 0.717) is 17.2 Å². The molecule has 0 fully saturated rings. The quantitative estimate of drug-likeness (QED) is 0.770. The maximum Gasteiger partial charge on any atom is 0.337 e. The minimum atomic E-state index is -1.00. The molecule has 0 bridgehead atoms. The predicted octanol–water partition coefficient (Wildman–Crippen LogP) is 1.40.